The van der Waals surface area contributed by atoms with Crippen molar-refractivity contribution < 1.29 is 33.6 Å². The molecule has 13 nitrogen and oxygen atoms in total. The first-order valence-corrected chi connectivity index (χ1v) is 11.6. The molecule has 38 heavy (non-hydrogen) atoms. The number of alkyl carbamates (subject to hydrolysis) is 1. The molecule has 5 amide bonds. The van der Waals surface area contributed by atoms with Crippen molar-refractivity contribution in [3.63, 3.8) is 0 Å². The summed E-state index contributed by atoms with van der Waals surface area (Å²) in [6, 6.07) is 9.87. The number of fused-ring (bicyclic) bond motifs is 1. The predicted octanol–water partition coefficient (Wildman–Crippen LogP) is 2.36. The Morgan fingerprint density at radius 2 is 1.61 bits per heavy atom. The summed E-state index contributed by atoms with van der Waals surface area (Å²) in [4.78, 5) is 72.1. The summed E-state index contributed by atoms with van der Waals surface area (Å²) in [7, 11) is 0. The topological polar surface area (TPSA) is 177 Å². The van der Waals surface area contributed by atoms with E-state index < -0.39 is 40.9 Å². The van der Waals surface area contributed by atoms with Crippen LogP contribution in [0.4, 0.5) is 16.2 Å². The Morgan fingerprint density at radius 1 is 0.947 bits per heavy atom. The number of nitro benzene ring substituents is 1. The van der Waals surface area contributed by atoms with E-state index in [9.17, 15) is 34.1 Å². The Balaban J connectivity index is 1.44. The van der Waals surface area contributed by atoms with Gasteiger partial charge in [0.1, 0.15) is 12.1 Å². The molecule has 0 saturated carbocycles. The van der Waals surface area contributed by atoms with Gasteiger partial charge < -0.3 is 20.7 Å². The van der Waals surface area contributed by atoms with Gasteiger partial charge in [-0.3, -0.25) is 34.2 Å². The van der Waals surface area contributed by atoms with Crippen molar-refractivity contribution in [2.75, 3.05) is 18.4 Å². The molecule has 0 radical (unpaired) electrons. The van der Waals surface area contributed by atoms with E-state index >= 15 is 0 Å². The highest BCUT2D eigenvalue weighted by molar-refractivity contribution is 6.23. The average molecular weight is 526 g/mol. The first-order valence-electron chi connectivity index (χ1n) is 11.6. The molecule has 13 heteroatoms. The number of imide groups is 1. The van der Waals surface area contributed by atoms with Crippen molar-refractivity contribution in [3.05, 3.63) is 69.3 Å². The predicted molar refractivity (Wildman–Crippen MR) is 134 cm³/mol. The van der Waals surface area contributed by atoms with Gasteiger partial charge >= 0.3 is 6.09 Å². The Bertz CT molecular complexity index is 1280. The summed E-state index contributed by atoms with van der Waals surface area (Å²) in [5.41, 5.74) is 0.0738. The van der Waals surface area contributed by atoms with E-state index in [0.717, 1.165) is 22.6 Å². The maximum Gasteiger partial charge on any atom is 0.407 e. The highest BCUT2D eigenvalue weighted by Crippen LogP contribution is 2.26. The molecule has 1 aliphatic rings. The van der Waals surface area contributed by atoms with Crippen molar-refractivity contribution in [3.8, 4) is 0 Å². The minimum absolute atomic E-state index is 0.000390. The number of hydrogen-bond acceptors (Lipinski definition) is 8. The smallest absolute Gasteiger partial charge is 0.407 e. The van der Waals surface area contributed by atoms with Crippen LogP contribution in [0.3, 0.4) is 0 Å². The van der Waals surface area contributed by atoms with E-state index in [0.29, 0.717) is 5.69 Å². The molecule has 0 spiro atoms. The lowest BCUT2D eigenvalue weighted by atomic mass is 10.1. The van der Waals surface area contributed by atoms with Gasteiger partial charge in [0.25, 0.3) is 17.5 Å². The highest BCUT2D eigenvalue weighted by Gasteiger charge is 2.37. The number of hydrogen-bond donors (Lipinski definition) is 3. The fourth-order valence-corrected chi connectivity index (χ4v) is 3.47. The van der Waals surface area contributed by atoms with Crippen LogP contribution < -0.4 is 16.0 Å². The number of nitrogens with zero attached hydrogens (tertiary/aromatic N) is 2. The van der Waals surface area contributed by atoms with Crippen LogP contribution in [0, 0.1) is 10.1 Å². The first kappa shape index (κ1) is 27.8. The molecule has 200 valence electrons. The number of carbonyl (C=O) groups is 5. The second kappa shape index (κ2) is 11.5. The number of carbonyl (C=O) groups excluding carboxylic acids is 5. The minimum Gasteiger partial charge on any atom is -0.444 e. The molecule has 0 unspecified atom stereocenters. The van der Waals surface area contributed by atoms with Crippen LogP contribution in [0.1, 0.15) is 53.5 Å². The molecule has 0 bridgehead atoms. The van der Waals surface area contributed by atoms with E-state index in [1.165, 1.54) is 6.07 Å². The lowest BCUT2D eigenvalue weighted by Crippen LogP contribution is -2.37. The standard InChI is InChI=1S/C25H27N5O8/c1-25(2,3)38-24(35)26-11-10-20(31)27-13-15-4-6-16(7-5-15)28-21(32)14-29-22(33)18-9-8-17(30(36)37)12-19(18)23(29)34/h4-9,12H,10-11,13-14H2,1-3H3,(H,26,35)(H,27,31)(H,28,32). The van der Waals surface area contributed by atoms with Crippen molar-refractivity contribution in [2.24, 2.45) is 0 Å². The zero-order valence-corrected chi connectivity index (χ0v) is 21.0. The van der Waals surface area contributed by atoms with E-state index in [1.54, 1.807) is 45.0 Å². The maximum atomic E-state index is 12.5. The Morgan fingerprint density at radius 3 is 2.24 bits per heavy atom. The van der Waals surface area contributed by atoms with E-state index in [2.05, 4.69) is 16.0 Å². The number of rotatable bonds is 9. The van der Waals surface area contributed by atoms with E-state index in [4.69, 9.17) is 4.74 Å². The molecule has 2 aromatic carbocycles. The summed E-state index contributed by atoms with van der Waals surface area (Å²) < 4.78 is 5.09. The summed E-state index contributed by atoms with van der Waals surface area (Å²) in [5.74, 6) is -2.39. The Labute approximate surface area is 217 Å². The van der Waals surface area contributed by atoms with Crippen molar-refractivity contribution in [2.45, 2.75) is 39.3 Å². The fraction of sp³-hybridized carbons (Fsp3) is 0.320. The Kier molecular flexibility index (Phi) is 8.40. The van der Waals surface area contributed by atoms with Crippen molar-refractivity contribution in [1.29, 1.82) is 0 Å². The SMILES string of the molecule is CC(C)(C)OC(=O)NCCC(=O)NCc1ccc(NC(=O)CN2C(=O)c3ccc([N+](=O)[O-])cc3C2=O)cc1. The molecule has 0 saturated heterocycles. The van der Waals surface area contributed by atoms with E-state index in [1.807, 2.05) is 0 Å². The van der Waals surface area contributed by atoms with E-state index in [-0.39, 0.29) is 42.2 Å². The van der Waals surface area contributed by atoms with Gasteiger partial charge in [0.05, 0.1) is 16.1 Å². The molecular formula is C25H27N5O8. The van der Waals surface area contributed by atoms with Gasteiger partial charge in [-0.25, -0.2) is 4.79 Å². The summed E-state index contributed by atoms with van der Waals surface area (Å²) in [6.45, 7) is 5.00. The maximum absolute atomic E-state index is 12.5. The summed E-state index contributed by atoms with van der Waals surface area (Å²) in [6.07, 6.45) is -0.534. The fourth-order valence-electron chi connectivity index (χ4n) is 3.47. The number of anilines is 1. The third-order valence-electron chi connectivity index (χ3n) is 5.21. The van der Waals surface area contributed by atoms with Crippen LogP contribution in [0.25, 0.3) is 0 Å². The molecule has 2 aromatic rings. The van der Waals surface area contributed by atoms with Crippen LogP contribution in [-0.2, 0) is 20.9 Å². The number of amides is 5. The highest BCUT2D eigenvalue weighted by atomic mass is 16.6. The van der Waals surface area contributed by atoms with Crippen LogP contribution >= 0.6 is 0 Å². The van der Waals surface area contributed by atoms with Gasteiger partial charge in [-0.1, -0.05) is 12.1 Å². The number of non-ortho nitro benzene ring substituents is 1. The zero-order chi connectivity index (χ0) is 28.0. The molecule has 0 fully saturated rings. The quantitative estimate of drug-likeness (QED) is 0.254. The molecule has 0 aromatic heterocycles. The molecule has 1 heterocycles. The number of ether oxygens (including phenoxy) is 1. The normalized spacial score (nSPS) is 12.6. The molecule has 3 N–H and O–H groups in total. The molecule has 1 aliphatic heterocycles. The summed E-state index contributed by atoms with van der Waals surface area (Å²) in [5, 5.41) is 18.7. The Hall–Kier alpha value is -4.81. The lowest BCUT2D eigenvalue weighted by Gasteiger charge is -2.19. The zero-order valence-electron chi connectivity index (χ0n) is 21.0. The van der Waals surface area contributed by atoms with Crippen molar-refractivity contribution in [1.82, 2.24) is 15.5 Å². The van der Waals surface area contributed by atoms with Crippen LogP contribution in [0.2, 0.25) is 0 Å². The third-order valence-corrected chi connectivity index (χ3v) is 5.21. The number of nitrogens with one attached hydrogen (secondary N) is 3. The van der Waals surface area contributed by atoms with Gasteiger partial charge in [-0.05, 0) is 44.5 Å². The second-order valence-electron chi connectivity index (χ2n) is 9.38. The summed E-state index contributed by atoms with van der Waals surface area (Å²) >= 11 is 0. The van der Waals surface area contributed by atoms with Crippen LogP contribution in [0.5, 0.6) is 0 Å². The van der Waals surface area contributed by atoms with Gasteiger partial charge in [0.2, 0.25) is 11.8 Å². The van der Waals surface area contributed by atoms with Crippen molar-refractivity contribution >= 4 is 41.1 Å². The number of nitro groups is 1. The number of benzene rings is 2. The third kappa shape index (κ3) is 7.35. The largest absolute Gasteiger partial charge is 0.444 e. The van der Waals surface area contributed by atoms with Crippen LogP contribution in [-0.4, -0.2) is 58.2 Å². The second-order valence-corrected chi connectivity index (χ2v) is 9.38. The monoisotopic (exact) mass is 525 g/mol. The minimum atomic E-state index is -0.781. The molecule has 3 rings (SSSR count). The molecular weight excluding hydrogens is 498 g/mol. The molecule has 0 atom stereocenters. The van der Waals surface area contributed by atoms with Gasteiger partial charge in [0.15, 0.2) is 0 Å². The van der Waals surface area contributed by atoms with Gasteiger partial charge in [-0.15, -0.1) is 0 Å². The van der Waals surface area contributed by atoms with Crippen LogP contribution in [0.15, 0.2) is 42.5 Å². The first-order chi connectivity index (χ1) is 17.8. The van der Waals surface area contributed by atoms with Gasteiger partial charge in [-0.2, -0.15) is 0 Å². The molecule has 0 aliphatic carbocycles. The average Bonchev–Trinajstić information content (AvgIpc) is 3.06. The lowest BCUT2D eigenvalue weighted by molar-refractivity contribution is -0.384. The van der Waals surface area contributed by atoms with Gasteiger partial charge in [0, 0.05) is 37.3 Å².